The van der Waals surface area contributed by atoms with Crippen molar-refractivity contribution in [3.8, 4) is 0 Å². The van der Waals surface area contributed by atoms with Gasteiger partial charge in [0.2, 0.25) is 5.65 Å². The largest absolute Gasteiger partial charge is 0.396 e. The number of aromatic nitrogens is 5. The van der Waals surface area contributed by atoms with E-state index in [9.17, 15) is 8.78 Å². The summed E-state index contributed by atoms with van der Waals surface area (Å²) in [6.07, 6.45) is 0.542. The molecule has 3 rings (SSSR count). The number of thioether (sulfide) groups is 1. The number of benzene rings is 1. The van der Waals surface area contributed by atoms with E-state index in [1.807, 2.05) is 6.92 Å². The van der Waals surface area contributed by atoms with Gasteiger partial charge in [-0.25, -0.2) is 13.8 Å². The second kappa shape index (κ2) is 7.70. The van der Waals surface area contributed by atoms with E-state index >= 15 is 0 Å². The Hall–Kier alpha value is -2.33. The number of hydrogen-bond acceptors (Lipinski definition) is 7. The number of halogens is 2. The molecule has 0 amide bonds. The molecular weight excluding hydrogens is 350 g/mol. The Balaban J connectivity index is 1.82. The molecule has 0 saturated carbocycles. The van der Waals surface area contributed by atoms with Gasteiger partial charge < -0.3 is 10.4 Å². The maximum absolute atomic E-state index is 13.8. The summed E-state index contributed by atoms with van der Waals surface area (Å²) in [7, 11) is 0. The first-order valence-electron chi connectivity index (χ1n) is 7.60. The van der Waals surface area contributed by atoms with Gasteiger partial charge >= 0.3 is 0 Å². The summed E-state index contributed by atoms with van der Waals surface area (Å²) in [5.41, 5.74) is 1.08. The highest BCUT2D eigenvalue weighted by atomic mass is 32.2. The first-order valence-corrected chi connectivity index (χ1v) is 8.58. The Morgan fingerprint density at radius 3 is 2.92 bits per heavy atom. The van der Waals surface area contributed by atoms with E-state index in [2.05, 4.69) is 30.7 Å². The molecule has 1 aromatic carbocycles. The first-order chi connectivity index (χ1) is 12.1. The summed E-state index contributed by atoms with van der Waals surface area (Å²) >= 11 is 1.17. The number of anilines is 1. The fraction of sp³-hybridized carbons (Fsp3) is 0.333. The fourth-order valence-electron chi connectivity index (χ4n) is 2.19. The van der Waals surface area contributed by atoms with Crippen LogP contribution in [0, 0.1) is 11.6 Å². The Kier molecular flexibility index (Phi) is 5.39. The van der Waals surface area contributed by atoms with Crippen LogP contribution in [0.5, 0.6) is 0 Å². The molecule has 132 valence electrons. The summed E-state index contributed by atoms with van der Waals surface area (Å²) < 4.78 is 27.0. The number of aliphatic hydroxyl groups is 1. The van der Waals surface area contributed by atoms with Crippen molar-refractivity contribution in [1.29, 1.82) is 0 Å². The summed E-state index contributed by atoms with van der Waals surface area (Å²) in [4.78, 5) is 8.64. The second-order valence-electron chi connectivity index (χ2n) is 5.41. The Bertz CT molecular complexity index is 874. The van der Waals surface area contributed by atoms with Crippen LogP contribution in [-0.4, -0.2) is 43.1 Å². The molecule has 2 aromatic heterocycles. The van der Waals surface area contributed by atoms with Gasteiger partial charge in [0.15, 0.2) is 28.1 Å². The number of nitrogens with one attached hydrogen (secondary N) is 2. The zero-order valence-electron chi connectivity index (χ0n) is 13.3. The molecule has 0 fully saturated rings. The van der Waals surface area contributed by atoms with Crippen LogP contribution in [0.2, 0.25) is 0 Å². The predicted molar refractivity (Wildman–Crippen MR) is 90.2 cm³/mol. The van der Waals surface area contributed by atoms with E-state index in [0.717, 1.165) is 6.07 Å². The van der Waals surface area contributed by atoms with Gasteiger partial charge in [0, 0.05) is 24.0 Å². The summed E-state index contributed by atoms with van der Waals surface area (Å²) in [6, 6.07) is 4.02. The first kappa shape index (κ1) is 17.5. The predicted octanol–water partition coefficient (Wildman–Crippen LogP) is 2.50. The van der Waals surface area contributed by atoms with Crippen LogP contribution in [-0.2, 0) is 5.75 Å². The molecular formula is C15H16F2N6OS. The lowest BCUT2D eigenvalue weighted by Crippen LogP contribution is -2.18. The number of fused-ring (bicyclic) bond motifs is 1. The monoisotopic (exact) mass is 366 g/mol. The van der Waals surface area contributed by atoms with Crippen LogP contribution < -0.4 is 5.32 Å². The van der Waals surface area contributed by atoms with Crippen molar-refractivity contribution >= 4 is 28.7 Å². The Labute approximate surface area is 146 Å². The normalized spacial score (nSPS) is 12.5. The lowest BCUT2D eigenvalue weighted by molar-refractivity contribution is 0.282. The van der Waals surface area contributed by atoms with Crippen molar-refractivity contribution in [3.05, 3.63) is 35.4 Å². The Morgan fingerprint density at radius 2 is 2.12 bits per heavy atom. The molecule has 0 aliphatic heterocycles. The molecule has 10 heteroatoms. The highest BCUT2D eigenvalue weighted by Gasteiger charge is 2.15. The van der Waals surface area contributed by atoms with Crippen LogP contribution in [0.4, 0.5) is 14.6 Å². The van der Waals surface area contributed by atoms with E-state index in [-0.39, 0.29) is 24.0 Å². The highest BCUT2D eigenvalue weighted by molar-refractivity contribution is 7.98. The topological polar surface area (TPSA) is 99.6 Å². The van der Waals surface area contributed by atoms with Crippen molar-refractivity contribution in [1.82, 2.24) is 25.4 Å². The number of aromatic amines is 1. The standard InChI is InChI=1S/C15H16F2N6OS/c1-8(5-6-24)18-13-12-14(22-23-21-12)20-15(19-13)25-7-9-3-2-4-10(16)11(9)17/h2-4,8,24H,5-7H2,1H3,(H2,18,19,20,21,22,23)/t8-/m1/s1. The second-order valence-corrected chi connectivity index (χ2v) is 6.35. The number of H-pyrrole nitrogens is 1. The van der Waals surface area contributed by atoms with E-state index in [4.69, 9.17) is 5.11 Å². The summed E-state index contributed by atoms with van der Waals surface area (Å²) in [6.45, 7) is 1.95. The van der Waals surface area contributed by atoms with E-state index in [1.54, 1.807) is 0 Å². The van der Waals surface area contributed by atoms with Crippen LogP contribution in [0.3, 0.4) is 0 Å². The number of nitrogens with zero attached hydrogens (tertiary/aromatic N) is 4. The quantitative estimate of drug-likeness (QED) is 0.436. The number of hydrogen-bond donors (Lipinski definition) is 3. The molecule has 3 aromatic rings. The minimum atomic E-state index is -0.883. The van der Waals surface area contributed by atoms with Gasteiger partial charge in [0.25, 0.3) is 0 Å². The minimum absolute atomic E-state index is 0.0293. The van der Waals surface area contributed by atoms with Gasteiger partial charge in [-0.1, -0.05) is 23.9 Å². The molecule has 2 heterocycles. The molecule has 0 saturated heterocycles. The van der Waals surface area contributed by atoms with Crippen molar-refractivity contribution in [3.63, 3.8) is 0 Å². The zero-order valence-corrected chi connectivity index (χ0v) is 14.1. The maximum atomic E-state index is 13.8. The molecule has 0 aliphatic rings. The molecule has 0 bridgehead atoms. The van der Waals surface area contributed by atoms with Crippen molar-refractivity contribution in [2.45, 2.75) is 30.3 Å². The lowest BCUT2D eigenvalue weighted by Gasteiger charge is -2.13. The smallest absolute Gasteiger partial charge is 0.207 e. The minimum Gasteiger partial charge on any atom is -0.396 e. The van der Waals surface area contributed by atoms with Crippen molar-refractivity contribution < 1.29 is 13.9 Å². The third-order valence-electron chi connectivity index (χ3n) is 3.50. The summed E-state index contributed by atoms with van der Waals surface area (Å²) in [5.74, 6) is -1.10. The van der Waals surface area contributed by atoms with Gasteiger partial charge in [-0.05, 0) is 19.4 Å². The fourth-order valence-corrected chi connectivity index (χ4v) is 3.01. The molecule has 0 spiro atoms. The molecule has 0 aliphatic carbocycles. The SMILES string of the molecule is C[C@H](CCO)Nc1nc(SCc2cccc(F)c2F)nc2n[nH]nc12. The molecule has 7 nitrogen and oxygen atoms in total. The van der Waals surface area contributed by atoms with Gasteiger partial charge in [0.1, 0.15) is 0 Å². The number of aliphatic hydroxyl groups excluding tert-OH is 1. The Morgan fingerprint density at radius 1 is 1.28 bits per heavy atom. The van der Waals surface area contributed by atoms with Crippen LogP contribution in [0.1, 0.15) is 18.9 Å². The van der Waals surface area contributed by atoms with Crippen LogP contribution >= 0.6 is 11.8 Å². The van der Waals surface area contributed by atoms with E-state index < -0.39 is 11.6 Å². The van der Waals surface area contributed by atoms with Gasteiger partial charge in [-0.3, -0.25) is 0 Å². The third kappa shape index (κ3) is 4.02. The summed E-state index contributed by atoms with van der Waals surface area (Å²) in [5, 5.41) is 23.0. The zero-order chi connectivity index (χ0) is 17.8. The van der Waals surface area contributed by atoms with E-state index in [1.165, 1.54) is 23.9 Å². The molecule has 0 radical (unpaired) electrons. The average molecular weight is 366 g/mol. The highest BCUT2D eigenvalue weighted by Crippen LogP contribution is 2.26. The van der Waals surface area contributed by atoms with E-state index in [0.29, 0.717) is 28.6 Å². The lowest BCUT2D eigenvalue weighted by atomic mass is 10.2. The molecule has 3 N–H and O–H groups in total. The van der Waals surface area contributed by atoms with Gasteiger partial charge in [-0.15, -0.1) is 5.10 Å². The van der Waals surface area contributed by atoms with Crippen molar-refractivity contribution in [2.24, 2.45) is 0 Å². The maximum Gasteiger partial charge on any atom is 0.207 e. The van der Waals surface area contributed by atoms with Crippen LogP contribution in [0.15, 0.2) is 23.4 Å². The molecule has 1 atom stereocenters. The number of rotatable bonds is 7. The molecule has 0 unspecified atom stereocenters. The van der Waals surface area contributed by atoms with Crippen molar-refractivity contribution in [2.75, 3.05) is 11.9 Å². The molecule has 25 heavy (non-hydrogen) atoms. The van der Waals surface area contributed by atoms with Crippen LogP contribution in [0.25, 0.3) is 11.2 Å². The van der Waals surface area contributed by atoms with Gasteiger partial charge in [-0.2, -0.15) is 15.3 Å². The third-order valence-corrected chi connectivity index (χ3v) is 4.39. The average Bonchev–Trinajstić information content (AvgIpc) is 3.05. The van der Waals surface area contributed by atoms with Gasteiger partial charge in [0.05, 0.1) is 0 Å².